The Hall–Kier alpha value is -2.41. The zero-order chi connectivity index (χ0) is 20.6. The summed E-state index contributed by atoms with van der Waals surface area (Å²) in [5, 5.41) is 4.00. The van der Waals surface area contributed by atoms with Crippen molar-refractivity contribution in [2.45, 2.75) is 66.2 Å². The summed E-state index contributed by atoms with van der Waals surface area (Å²) >= 11 is 1.65. The Morgan fingerprint density at radius 3 is 2.61 bits per heavy atom. The van der Waals surface area contributed by atoms with E-state index in [1.165, 1.54) is 0 Å². The van der Waals surface area contributed by atoms with Crippen molar-refractivity contribution in [1.29, 1.82) is 0 Å². The molecule has 2 aromatic rings. The van der Waals surface area contributed by atoms with Crippen LogP contribution in [0.3, 0.4) is 0 Å². The monoisotopic (exact) mass is 401 g/mol. The molecule has 1 N–H and O–H groups in total. The Kier molecular flexibility index (Phi) is 5.74. The number of rotatable bonds is 3. The van der Waals surface area contributed by atoms with Crippen LogP contribution >= 0.6 is 11.3 Å². The number of benzene rings is 1. The van der Waals surface area contributed by atoms with E-state index in [0.717, 1.165) is 32.4 Å². The minimum atomic E-state index is -0.440. The van der Waals surface area contributed by atoms with Gasteiger partial charge in [-0.2, -0.15) is 0 Å². The van der Waals surface area contributed by atoms with Crippen LogP contribution in [0.5, 0.6) is 0 Å². The summed E-state index contributed by atoms with van der Waals surface area (Å²) in [5.41, 5.74) is 3.79. The second-order valence-corrected chi connectivity index (χ2v) is 8.75. The van der Waals surface area contributed by atoms with E-state index in [1.807, 2.05) is 46.8 Å². The van der Waals surface area contributed by atoms with Crippen molar-refractivity contribution in [2.24, 2.45) is 0 Å². The first-order chi connectivity index (χ1) is 13.2. The number of thiazole rings is 1. The number of nitrogens with one attached hydrogen (secondary N) is 1. The number of aryl methyl sites for hydroxylation is 2. The van der Waals surface area contributed by atoms with E-state index in [9.17, 15) is 9.59 Å². The van der Waals surface area contributed by atoms with Crippen LogP contribution in [0.4, 0.5) is 10.5 Å². The molecule has 0 saturated carbocycles. The molecule has 0 fully saturated rings. The highest BCUT2D eigenvalue weighted by Gasteiger charge is 2.34. The van der Waals surface area contributed by atoms with E-state index in [0.29, 0.717) is 6.42 Å². The van der Waals surface area contributed by atoms with Crippen LogP contribution in [-0.2, 0) is 9.53 Å². The molecule has 1 aromatic carbocycles. The summed E-state index contributed by atoms with van der Waals surface area (Å²) < 4.78 is 5.28. The molecule has 2 amide bonds. The van der Waals surface area contributed by atoms with Gasteiger partial charge in [0.1, 0.15) is 0 Å². The fraction of sp³-hybridized carbons (Fsp3) is 0.476. The highest BCUT2D eigenvalue weighted by Crippen LogP contribution is 2.41. The van der Waals surface area contributed by atoms with Gasteiger partial charge in [0, 0.05) is 18.7 Å². The van der Waals surface area contributed by atoms with Crippen LogP contribution in [0, 0.1) is 13.8 Å². The number of ether oxygens (including phenoxy) is 1. The van der Waals surface area contributed by atoms with Gasteiger partial charge >= 0.3 is 6.09 Å². The van der Waals surface area contributed by atoms with Gasteiger partial charge in [0.2, 0.25) is 5.91 Å². The maximum Gasteiger partial charge on any atom is 0.407 e. The Morgan fingerprint density at radius 2 is 2.04 bits per heavy atom. The van der Waals surface area contributed by atoms with Crippen molar-refractivity contribution in [3.8, 4) is 10.4 Å². The van der Waals surface area contributed by atoms with Crippen LogP contribution in [0.25, 0.3) is 10.4 Å². The molecule has 0 aliphatic carbocycles. The highest BCUT2D eigenvalue weighted by atomic mass is 32.1. The SMILES string of the molecule is CC(=O)N1c2ccc(-c3sc(C)nc3C)cc2C(NC(=O)OC(C)C)CC1C. The van der Waals surface area contributed by atoms with Gasteiger partial charge in [-0.1, -0.05) is 6.07 Å². The third-order valence-electron chi connectivity index (χ3n) is 4.82. The Balaban J connectivity index is 2.04. The largest absolute Gasteiger partial charge is 0.447 e. The van der Waals surface area contributed by atoms with Crippen LogP contribution in [0.2, 0.25) is 0 Å². The molecule has 28 heavy (non-hydrogen) atoms. The smallest absolute Gasteiger partial charge is 0.407 e. The Morgan fingerprint density at radius 1 is 1.32 bits per heavy atom. The van der Waals surface area contributed by atoms with Crippen LogP contribution in [0.1, 0.15) is 56.4 Å². The van der Waals surface area contributed by atoms with E-state index in [-0.39, 0.29) is 24.1 Å². The molecule has 2 atom stereocenters. The first kappa shape index (κ1) is 20.3. The van der Waals surface area contributed by atoms with Crippen molar-refractivity contribution in [3.63, 3.8) is 0 Å². The second kappa shape index (κ2) is 7.91. The number of anilines is 1. The van der Waals surface area contributed by atoms with Gasteiger partial charge in [-0.05, 0) is 64.3 Å². The predicted octanol–water partition coefficient (Wildman–Crippen LogP) is 4.75. The average Bonchev–Trinajstić information content (AvgIpc) is 2.91. The first-order valence-electron chi connectivity index (χ1n) is 9.52. The summed E-state index contributed by atoms with van der Waals surface area (Å²) in [4.78, 5) is 31.9. The first-order valence-corrected chi connectivity index (χ1v) is 10.3. The summed E-state index contributed by atoms with van der Waals surface area (Å²) in [6.07, 6.45) is -0.00259. The Labute approximate surface area is 169 Å². The molecule has 1 aromatic heterocycles. The Bertz CT molecular complexity index is 906. The summed E-state index contributed by atoms with van der Waals surface area (Å²) in [5.74, 6) is -0.00507. The van der Waals surface area contributed by atoms with E-state index >= 15 is 0 Å². The number of alkyl carbamates (subject to hydrolysis) is 1. The van der Waals surface area contributed by atoms with Gasteiger partial charge < -0.3 is 15.0 Å². The number of nitrogens with zero attached hydrogens (tertiary/aromatic N) is 2. The van der Waals surface area contributed by atoms with Crippen molar-refractivity contribution in [2.75, 3.05) is 4.90 Å². The molecule has 0 bridgehead atoms. The summed E-state index contributed by atoms with van der Waals surface area (Å²) in [7, 11) is 0. The number of aromatic nitrogens is 1. The lowest BCUT2D eigenvalue weighted by atomic mass is 9.90. The van der Waals surface area contributed by atoms with E-state index in [4.69, 9.17) is 4.74 Å². The van der Waals surface area contributed by atoms with Crippen molar-refractivity contribution in [3.05, 3.63) is 34.5 Å². The number of fused-ring (bicyclic) bond motifs is 1. The zero-order valence-electron chi connectivity index (χ0n) is 17.2. The van der Waals surface area contributed by atoms with E-state index < -0.39 is 6.09 Å². The van der Waals surface area contributed by atoms with Crippen LogP contribution in [0.15, 0.2) is 18.2 Å². The number of hydrogen-bond donors (Lipinski definition) is 1. The number of carbonyl (C=O) groups excluding carboxylic acids is 2. The molecular weight excluding hydrogens is 374 g/mol. The molecule has 3 rings (SSSR count). The van der Waals surface area contributed by atoms with Crippen LogP contribution in [-0.4, -0.2) is 29.1 Å². The lowest BCUT2D eigenvalue weighted by Gasteiger charge is -2.39. The predicted molar refractivity (Wildman–Crippen MR) is 112 cm³/mol. The molecule has 7 heteroatoms. The lowest BCUT2D eigenvalue weighted by molar-refractivity contribution is -0.117. The average molecular weight is 402 g/mol. The van der Waals surface area contributed by atoms with Gasteiger partial charge in [-0.15, -0.1) is 11.3 Å². The standard InChI is InChI=1S/C21H27N3O3S/c1-11(2)27-21(26)23-18-9-12(3)24(15(6)25)19-8-7-16(10-17(18)19)20-13(4)22-14(5)28-20/h7-8,10-12,18H,9H2,1-6H3,(H,23,26). The number of amides is 2. The topological polar surface area (TPSA) is 71.5 Å². The minimum Gasteiger partial charge on any atom is -0.447 e. The van der Waals surface area contributed by atoms with Gasteiger partial charge in [-0.3, -0.25) is 4.79 Å². The maximum absolute atomic E-state index is 12.3. The number of carbonyl (C=O) groups is 2. The van der Waals surface area contributed by atoms with Gasteiger partial charge in [0.15, 0.2) is 0 Å². The van der Waals surface area contributed by atoms with E-state index in [2.05, 4.69) is 16.4 Å². The molecule has 0 radical (unpaired) electrons. The lowest BCUT2D eigenvalue weighted by Crippen LogP contribution is -2.45. The normalized spacial score (nSPS) is 18.8. The quantitative estimate of drug-likeness (QED) is 0.806. The van der Waals surface area contributed by atoms with Crippen molar-refractivity contribution in [1.82, 2.24) is 10.3 Å². The van der Waals surface area contributed by atoms with Gasteiger partial charge in [0.25, 0.3) is 0 Å². The minimum absolute atomic E-state index is 0.00507. The molecule has 6 nitrogen and oxygen atoms in total. The van der Waals surface area contributed by atoms with Gasteiger partial charge in [0.05, 0.1) is 27.7 Å². The fourth-order valence-electron chi connectivity index (χ4n) is 3.81. The fourth-order valence-corrected chi connectivity index (χ4v) is 4.73. The van der Waals surface area contributed by atoms with Crippen LogP contribution < -0.4 is 10.2 Å². The molecule has 1 aliphatic heterocycles. The molecule has 2 heterocycles. The highest BCUT2D eigenvalue weighted by molar-refractivity contribution is 7.15. The second-order valence-electron chi connectivity index (χ2n) is 7.55. The summed E-state index contributed by atoms with van der Waals surface area (Å²) in [6, 6.07) is 5.82. The zero-order valence-corrected chi connectivity index (χ0v) is 18.0. The third kappa shape index (κ3) is 4.04. The molecule has 1 aliphatic rings. The van der Waals surface area contributed by atoms with Crippen molar-refractivity contribution >= 4 is 29.0 Å². The molecule has 150 valence electrons. The maximum atomic E-state index is 12.3. The molecule has 2 unspecified atom stereocenters. The third-order valence-corrected chi connectivity index (χ3v) is 5.94. The molecule has 0 spiro atoms. The number of hydrogen-bond acceptors (Lipinski definition) is 5. The van der Waals surface area contributed by atoms with Crippen molar-refractivity contribution < 1.29 is 14.3 Å². The van der Waals surface area contributed by atoms with E-state index in [1.54, 1.807) is 23.2 Å². The molecular formula is C21H27N3O3S. The molecule has 0 saturated heterocycles. The van der Waals surface area contributed by atoms with Gasteiger partial charge in [-0.25, -0.2) is 9.78 Å². The summed E-state index contributed by atoms with van der Waals surface area (Å²) in [6.45, 7) is 11.2.